The minimum absolute atomic E-state index is 0.0844. The van der Waals surface area contributed by atoms with Gasteiger partial charge in [0.2, 0.25) is 0 Å². The Labute approximate surface area is 316 Å². The summed E-state index contributed by atoms with van der Waals surface area (Å²) in [5.41, 5.74) is 15.2. The van der Waals surface area contributed by atoms with Gasteiger partial charge in [0.15, 0.2) is 0 Å². The van der Waals surface area contributed by atoms with Crippen LogP contribution in [-0.4, -0.2) is 0 Å². The van der Waals surface area contributed by atoms with Gasteiger partial charge in [-0.25, -0.2) is 0 Å². The Morgan fingerprint density at radius 2 is 0.926 bits per heavy atom. The van der Waals surface area contributed by atoms with Crippen molar-refractivity contribution >= 4 is 49.4 Å². The van der Waals surface area contributed by atoms with Crippen LogP contribution in [0.2, 0.25) is 0 Å². The van der Waals surface area contributed by atoms with Gasteiger partial charge in [-0.15, -0.1) is 0 Å². The van der Waals surface area contributed by atoms with Gasteiger partial charge in [0, 0.05) is 17.1 Å². The smallest absolute Gasteiger partial charge is 0.0737 e. The van der Waals surface area contributed by atoms with Crippen LogP contribution in [0, 0.1) is 0 Å². The van der Waals surface area contributed by atoms with Crippen LogP contribution in [0.1, 0.15) is 48.6 Å². The van der Waals surface area contributed by atoms with Crippen LogP contribution in [0.3, 0.4) is 0 Å². The van der Waals surface area contributed by atoms with Gasteiger partial charge in [-0.3, -0.25) is 0 Å². The van der Waals surface area contributed by atoms with Crippen LogP contribution in [-0.2, 0) is 10.8 Å². The fraction of sp³-hybridized carbons (Fsp3) is 0.0943. The quantitative estimate of drug-likeness (QED) is 0.167. The minimum atomic E-state index is -0.482. The molecule has 9 aromatic rings. The van der Waals surface area contributed by atoms with E-state index in [9.17, 15) is 0 Å². The van der Waals surface area contributed by atoms with Gasteiger partial charge in [-0.05, 0) is 124 Å². The SMILES string of the molecule is CC(C)(C)c1ccc(N(c2ccccc2)c2ccc3c4c(ccc3c2)-c2c(c3ccccc3c3ccccc23)C42c3ccccc3-c3ccccc32)cc1. The number of benzene rings is 9. The lowest BCUT2D eigenvalue weighted by molar-refractivity contribution is 0.590. The molecule has 0 atom stereocenters. The monoisotopic (exact) mass is 689 g/mol. The number of para-hydroxylation sites is 1. The molecule has 2 aliphatic rings. The van der Waals surface area contributed by atoms with Crippen LogP contribution < -0.4 is 4.90 Å². The van der Waals surface area contributed by atoms with Crippen LogP contribution in [0.5, 0.6) is 0 Å². The molecule has 54 heavy (non-hydrogen) atoms. The molecule has 11 rings (SSSR count). The minimum Gasteiger partial charge on any atom is -0.310 e. The summed E-state index contributed by atoms with van der Waals surface area (Å²) in [6.07, 6.45) is 0. The molecule has 0 aromatic heterocycles. The molecular formula is C53H39N. The standard InChI is InChI=1S/C53H39N/c1-52(2,3)35-26-28-37(29-27-35)54(36-15-5-4-6-16-36)38-30-32-39-34(33-38)25-31-46-49-44-21-9-7-17-40(44)41-18-8-10-22-45(41)51(49)53(50(39)46)47-23-13-11-19-42(47)43-20-12-14-24-48(43)53/h4-33H,1-3H3. The Kier molecular flexibility index (Phi) is 6.50. The van der Waals surface area contributed by atoms with Gasteiger partial charge in [-0.2, -0.15) is 0 Å². The summed E-state index contributed by atoms with van der Waals surface area (Å²) < 4.78 is 0. The first-order valence-electron chi connectivity index (χ1n) is 19.1. The average molecular weight is 690 g/mol. The molecule has 0 unspecified atom stereocenters. The second kappa shape index (κ2) is 11.3. The maximum absolute atomic E-state index is 2.42. The van der Waals surface area contributed by atoms with E-state index in [1.54, 1.807) is 0 Å². The van der Waals surface area contributed by atoms with Crippen molar-refractivity contribution in [2.75, 3.05) is 4.90 Å². The van der Waals surface area contributed by atoms with Gasteiger partial charge < -0.3 is 4.90 Å². The zero-order valence-electron chi connectivity index (χ0n) is 30.8. The third kappa shape index (κ3) is 4.15. The van der Waals surface area contributed by atoms with Gasteiger partial charge in [0.05, 0.1) is 5.41 Å². The Balaban J connectivity index is 1.24. The van der Waals surface area contributed by atoms with Gasteiger partial charge in [0.1, 0.15) is 0 Å². The molecule has 1 heteroatoms. The molecule has 0 fully saturated rings. The van der Waals surface area contributed by atoms with E-state index in [1.807, 2.05) is 0 Å². The molecule has 2 aliphatic carbocycles. The second-order valence-electron chi connectivity index (χ2n) is 16.0. The predicted octanol–water partition coefficient (Wildman–Crippen LogP) is 14.3. The van der Waals surface area contributed by atoms with Gasteiger partial charge in [0.25, 0.3) is 0 Å². The molecule has 0 heterocycles. The molecule has 0 N–H and O–H groups in total. The van der Waals surface area contributed by atoms with Crippen molar-refractivity contribution in [2.45, 2.75) is 31.6 Å². The summed E-state index contributed by atoms with van der Waals surface area (Å²) in [6, 6.07) is 68.3. The summed E-state index contributed by atoms with van der Waals surface area (Å²) in [7, 11) is 0. The van der Waals surface area contributed by atoms with Crippen molar-refractivity contribution in [1.29, 1.82) is 0 Å². The lowest BCUT2D eigenvalue weighted by atomic mass is 9.68. The lowest BCUT2D eigenvalue weighted by Gasteiger charge is -2.33. The van der Waals surface area contributed by atoms with Crippen LogP contribution in [0.25, 0.3) is 54.6 Å². The van der Waals surface area contributed by atoms with E-state index in [0.29, 0.717) is 0 Å². The van der Waals surface area contributed by atoms with Crippen molar-refractivity contribution in [3.63, 3.8) is 0 Å². The molecule has 9 aromatic carbocycles. The zero-order valence-corrected chi connectivity index (χ0v) is 30.8. The lowest BCUT2D eigenvalue weighted by Crippen LogP contribution is -2.26. The van der Waals surface area contributed by atoms with E-state index in [1.165, 1.54) is 82.4 Å². The van der Waals surface area contributed by atoms with E-state index >= 15 is 0 Å². The number of hydrogen-bond acceptors (Lipinski definition) is 1. The van der Waals surface area contributed by atoms with Crippen molar-refractivity contribution < 1.29 is 0 Å². The van der Waals surface area contributed by atoms with Crippen LogP contribution in [0.4, 0.5) is 17.1 Å². The molecule has 1 nitrogen and oxygen atoms in total. The average Bonchev–Trinajstić information content (AvgIpc) is 3.69. The fourth-order valence-corrected chi connectivity index (χ4v) is 9.91. The highest BCUT2D eigenvalue weighted by atomic mass is 15.1. The highest BCUT2D eigenvalue weighted by Gasteiger charge is 2.53. The maximum atomic E-state index is 2.42. The molecular weight excluding hydrogens is 651 g/mol. The van der Waals surface area contributed by atoms with Crippen molar-refractivity contribution in [3.8, 4) is 22.3 Å². The molecule has 0 bridgehead atoms. The Bertz CT molecular complexity index is 2920. The van der Waals surface area contributed by atoms with E-state index in [-0.39, 0.29) is 5.41 Å². The normalized spacial score (nSPS) is 13.6. The number of hydrogen-bond donors (Lipinski definition) is 0. The Morgan fingerprint density at radius 3 is 1.59 bits per heavy atom. The Hall–Kier alpha value is -6.44. The molecule has 0 saturated carbocycles. The Morgan fingerprint density at radius 1 is 0.389 bits per heavy atom. The molecule has 0 radical (unpaired) electrons. The fourth-order valence-electron chi connectivity index (χ4n) is 9.91. The summed E-state index contributed by atoms with van der Waals surface area (Å²) in [5.74, 6) is 0. The molecule has 0 saturated heterocycles. The number of rotatable bonds is 3. The van der Waals surface area contributed by atoms with Gasteiger partial charge in [-0.1, -0.05) is 166 Å². The summed E-state index contributed by atoms with van der Waals surface area (Å²) in [5, 5.41) is 7.79. The molecule has 1 spiro atoms. The summed E-state index contributed by atoms with van der Waals surface area (Å²) in [4.78, 5) is 2.39. The number of anilines is 3. The number of nitrogens with zero attached hydrogens (tertiary/aromatic N) is 1. The van der Waals surface area contributed by atoms with Crippen LogP contribution >= 0.6 is 0 Å². The highest BCUT2D eigenvalue weighted by Crippen LogP contribution is 2.66. The van der Waals surface area contributed by atoms with E-state index in [4.69, 9.17) is 0 Å². The number of fused-ring (bicyclic) bond motifs is 17. The predicted molar refractivity (Wildman–Crippen MR) is 229 cm³/mol. The third-order valence-electron chi connectivity index (χ3n) is 12.2. The highest BCUT2D eigenvalue weighted by molar-refractivity contribution is 6.21. The summed E-state index contributed by atoms with van der Waals surface area (Å²) >= 11 is 0. The first kappa shape index (κ1) is 31.1. The molecule has 0 aliphatic heterocycles. The van der Waals surface area contributed by atoms with E-state index in [0.717, 1.165) is 17.1 Å². The second-order valence-corrected chi connectivity index (χ2v) is 16.0. The maximum Gasteiger partial charge on any atom is 0.0737 e. The third-order valence-corrected chi connectivity index (χ3v) is 12.2. The topological polar surface area (TPSA) is 3.24 Å². The van der Waals surface area contributed by atoms with Crippen molar-refractivity contribution in [2.24, 2.45) is 0 Å². The van der Waals surface area contributed by atoms with E-state index in [2.05, 4.69) is 208 Å². The van der Waals surface area contributed by atoms with Crippen molar-refractivity contribution in [3.05, 3.63) is 210 Å². The van der Waals surface area contributed by atoms with Crippen molar-refractivity contribution in [1.82, 2.24) is 0 Å². The zero-order chi connectivity index (χ0) is 36.2. The van der Waals surface area contributed by atoms with E-state index < -0.39 is 5.41 Å². The first-order valence-corrected chi connectivity index (χ1v) is 19.1. The molecule has 0 amide bonds. The van der Waals surface area contributed by atoms with Crippen LogP contribution in [0.15, 0.2) is 182 Å². The van der Waals surface area contributed by atoms with Gasteiger partial charge >= 0.3 is 0 Å². The summed E-state index contributed by atoms with van der Waals surface area (Å²) in [6.45, 7) is 6.82. The first-order chi connectivity index (χ1) is 26.4. The largest absolute Gasteiger partial charge is 0.310 e. The molecule has 256 valence electrons.